The number of benzene rings is 1. The van der Waals surface area contributed by atoms with E-state index in [1.807, 2.05) is 0 Å². The molecule has 0 heterocycles. The Morgan fingerprint density at radius 3 is 2.20 bits per heavy atom. The molecule has 1 aliphatic carbocycles. The molecule has 20 heavy (non-hydrogen) atoms. The van der Waals surface area contributed by atoms with Gasteiger partial charge in [-0.3, -0.25) is 14.4 Å². The first-order valence-corrected chi connectivity index (χ1v) is 6.39. The van der Waals surface area contributed by atoms with Gasteiger partial charge in [-0.05, 0) is 30.5 Å². The van der Waals surface area contributed by atoms with Crippen molar-refractivity contribution in [2.75, 3.05) is 12.4 Å². The van der Waals surface area contributed by atoms with Crippen molar-refractivity contribution in [1.29, 1.82) is 0 Å². The summed E-state index contributed by atoms with van der Waals surface area (Å²) in [6.07, 6.45) is 1.30. The number of carbonyl (C=O) groups excluding carboxylic acids is 3. The molecule has 0 radical (unpaired) electrons. The highest BCUT2D eigenvalue weighted by Crippen LogP contribution is 2.46. The second kappa shape index (κ2) is 5.32. The van der Waals surface area contributed by atoms with Crippen LogP contribution in [0.25, 0.3) is 0 Å². The van der Waals surface area contributed by atoms with Crippen molar-refractivity contribution >= 4 is 23.4 Å². The topological polar surface area (TPSA) is 101 Å². The first kappa shape index (κ1) is 14.0. The summed E-state index contributed by atoms with van der Waals surface area (Å²) in [6.45, 7) is 0. The zero-order chi connectivity index (χ0) is 14.8. The van der Waals surface area contributed by atoms with E-state index in [0.29, 0.717) is 18.5 Å². The van der Waals surface area contributed by atoms with Gasteiger partial charge in [-0.15, -0.1) is 0 Å². The van der Waals surface area contributed by atoms with E-state index in [1.54, 1.807) is 24.3 Å². The largest absolute Gasteiger partial charge is 0.369 e. The molecule has 0 aromatic heterocycles. The molecule has 1 aromatic rings. The molecular formula is C14H17N3O3. The van der Waals surface area contributed by atoms with Crippen molar-refractivity contribution in [2.45, 2.75) is 19.3 Å². The Hall–Kier alpha value is -2.37. The lowest BCUT2D eigenvalue weighted by atomic mass is 10.0. The minimum Gasteiger partial charge on any atom is -0.369 e. The highest BCUT2D eigenvalue weighted by molar-refractivity contribution is 6.12. The molecule has 6 nitrogen and oxygen atoms in total. The standard InChI is InChI=1S/C14H17N3O3/c1-16-12(19)14(6-7-14)13(20)17-10-4-2-9(3-5-10)8-11(15)18/h2-5H,6-8H2,1H3,(H2,15,18)(H,16,19)(H,17,20). The zero-order valence-corrected chi connectivity index (χ0v) is 11.2. The van der Waals surface area contributed by atoms with E-state index in [1.165, 1.54) is 7.05 Å². The van der Waals surface area contributed by atoms with Crippen LogP contribution in [-0.4, -0.2) is 24.8 Å². The molecule has 1 saturated carbocycles. The number of carbonyl (C=O) groups is 3. The molecular weight excluding hydrogens is 258 g/mol. The molecule has 1 fully saturated rings. The first-order chi connectivity index (χ1) is 9.48. The van der Waals surface area contributed by atoms with Gasteiger partial charge in [-0.25, -0.2) is 0 Å². The first-order valence-electron chi connectivity index (χ1n) is 6.39. The average molecular weight is 275 g/mol. The van der Waals surface area contributed by atoms with E-state index < -0.39 is 11.3 Å². The van der Waals surface area contributed by atoms with E-state index in [9.17, 15) is 14.4 Å². The molecule has 6 heteroatoms. The molecule has 2 rings (SSSR count). The van der Waals surface area contributed by atoms with E-state index in [2.05, 4.69) is 10.6 Å². The van der Waals surface area contributed by atoms with Crippen LogP contribution in [0.1, 0.15) is 18.4 Å². The van der Waals surface area contributed by atoms with Gasteiger partial charge in [0.25, 0.3) is 0 Å². The number of primary amides is 1. The molecule has 0 saturated heterocycles. The summed E-state index contributed by atoms with van der Waals surface area (Å²) in [5.41, 5.74) is 5.56. The Morgan fingerprint density at radius 2 is 1.75 bits per heavy atom. The normalized spacial score (nSPS) is 15.2. The number of anilines is 1. The van der Waals surface area contributed by atoms with Gasteiger partial charge in [0.1, 0.15) is 5.41 Å². The molecule has 0 bridgehead atoms. The molecule has 1 aromatic carbocycles. The Balaban J connectivity index is 2.02. The summed E-state index contributed by atoms with van der Waals surface area (Å²) >= 11 is 0. The molecule has 1 aliphatic rings. The van der Waals surface area contributed by atoms with Crippen LogP contribution in [-0.2, 0) is 20.8 Å². The predicted octanol–water partition coefficient (Wildman–Crippen LogP) is 0.179. The quantitative estimate of drug-likeness (QED) is 0.668. The minimum atomic E-state index is -0.916. The van der Waals surface area contributed by atoms with E-state index in [4.69, 9.17) is 5.73 Å². The maximum Gasteiger partial charge on any atom is 0.240 e. The predicted molar refractivity (Wildman–Crippen MR) is 73.7 cm³/mol. The smallest absolute Gasteiger partial charge is 0.240 e. The van der Waals surface area contributed by atoms with E-state index in [-0.39, 0.29) is 18.2 Å². The van der Waals surface area contributed by atoms with Crippen molar-refractivity contribution in [1.82, 2.24) is 5.32 Å². The minimum absolute atomic E-state index is 0.163. The van der Waals surface area contributed by atoms with Gasteiger partial charge >= 0.3 is 0 Å². The highest BCUT2D eigenvalue weighted by atomic mass is 16.2. The average Bonchev–Trinajstić information content (AvgIpc) is 3.21. The summed E-state index contributed by atoms with van der Waals surface area (Å²) < 4.78 is 0. The van der Waals surface area contributed by atoms with Gasteiger partial charge in [0.05, 0.1) is 6.42 Å². The summed E-state index contributed by atoms with van der Waals surface area (Å²) in [5, 5.41) is 5.24. The van der Waals surface area contributed by atoms with Gasteiger partial charge in [0.15, 0.2) is 0 Å². The summed E-state index contributed by atoms with van der Waals surface area (Å²) in [6, 6.07) is 6.83. The van der Waals surface area contributed by atoms with Crippen molar-refractivity contribution in [3.63, 3.8) is 0 Å². The Labute approximate surface area is 116 Å². The fourth-order valence-corrected chi connectivity index (χ4v) is 2.08. The third-order valence-electron chi connectivity index (χ3n) is 3.44. The number of hydrogen-bond acceptors (Lipinski definition) is 3. The third-order valence-corrected chi connectivity index (χ3v) is 3.44. The van der Waals surface area contributed by atoms with Crippen LogP contribution in [0.2, 0.25) is 0 Å². The second-order valence-corrected chi connectivity index (χ2v) is 4.96. The molecule has 0 spiro atoms. The van der Waals surface area contributed by atoms with Crippen LogP contribution in [0.3, 0.4) is 0 Å². The highest BCUT2D eigenvalue weighted by Gasteiger charge is 2.56. The number of nitrogens with one attached hydrogen (secondary N) is 2. The lowest BCUT2D eigenvalue weighted by molar-refractivity contribution is -0.134. The fourth-order valence-electron chi connectivity index (χ4n) is 2.08. The molecule has 4 N–H and O–H groups in total. The Morgan fingerprint density at radius 1 is 1.15 bits per heavy atom. The lowest BCUT2D eigenvalue weighted by Gasteiger charge is -2.13. The van der Waals surface area contributed by atoms with Crippen LogP contribution in [0.5, 0.6) is 0 Å². The summed E-state index contributed by atoms with van der Waals surface area (Å²) in [7, 11) is 1.52. The van der Waals surface area contributed by atoms with Crippen LogP contribution in [0, 0.1) is 5.41 Å². The van der Waals surface area contributed by atoms with Gasteiger partial charge in [0.2, 0.25) is 17.7 Å². The van der Waals surface area contributed by atoms with Crippen molar-refractivity contribution in [2.24, 2.45) is 11.1 Å². The molecule has 106 valence electrons. The molecule has 0 atom stereocenters. The molecule has 0 aliphatic heterocycles. The van der Waals surface area contributed by atoms with E-state index >= 15 is 0 Å². The third kappa shape index (κ3) is 2.79. The van der Waals surface area contributed by atoms with E-state index in [0.717, 1.165) is 5.56 Å². The summed E-state index contributed by atoms with van der Waals surface area (Å²) in [4.78, 5) is 34.6. The van der Waals surface area contributed by atoms with Crippen molar-refractivity contribution in [3.8, 4) is 0 Å². The van der Waals surface area contributed by atoms with Crippen molar-refractivity contribution < 1.29 is 14.4 Å². The Kier molecular flexibility index (Phi) is 3.74. The zero-order valence-electron chi connectivity index (χ0n) is 11.2. The van der Waals surface area contributed by atoms with Crippen LogP contribution in [0.4, 0.5) is 5.69 Å². The van der Waals surface area contributed by atoms with Gasteiger partial charge in [-0.1, -0.05) is 12.1 Å². The maximum atomic E-state index is 12.1. The SMILES string of the molecule is CNC(=O)C1(C(=O)Nc2ccc(CC(N)=O)cc2)CC1. The molecule has 0 unspecified atom stereocenters. The Bertz CT molecular complexity index is 547. The van der Waals surface area contributed by atoms with Crippen molar-refractivity contribution in [3.05, 3.63) is 29.8 Å². The van der Waals surface area contributed by atoms with Gasteiger partial charge < -0.3 is 16.4 Å². The number of hydrogen-bond donors (Lipinski definition) is 3. The number of amides is 3. The number of rotatable bonds is 5. The van der Waals surface area contributed by atoms with Gasteiger partial charge in [-0.2, -0.15) is 0 Å². The van der Waals surface area contributed by atoms with Crippen LogP contribution < -0.4 is 16.4 Å². The van der Waals surface area contributed by atoms with Crippen LogP contribution >= 0.6 is 0 Å². The molecule has 3 amide bonds. The monoisotopic (exact) mass is 275 g/mol. The lowest BCUT2D eigenvalue weighted by Crippen LogP contribution is -2.38. The van der Waals surface area contributed by atoms with Gasteiger partial charge in [0, 0.05) is 12.7 Å². The summed E-state index contributed by atoms with van der Waals surface area (Å²) in [5.74, 6) is -0.946. The number of nitrogens with two attached hydrogens (primary N) is 1. The second-order valence-electron chi connectivity index (χ2n) is 4.96. The van der Waals surface area contributed by atoms with Crippen LogP contribution in [0.15, 0.2) is 24.3 Å². The fraction of sp³-hybridized carbons (Fsp3) is 0.357. The maximum absolute atomic E-state index is 12.1.